The van der Waals surface area contributed by atoms with Crippen molar-refractivity contribution in [3.05, 3.63) is 64.2 Å². The maximum absolute atomic E-state index is 14.2. The molecule has 2 aromatic carbocycles. The number of halogens is 1. The fourth-order valence-electron chi connectivity index (χ4n) is 4.13. The second kappa shape index (κ2) is 13.1. The molecule has 8 heteroatoms. The minimum atomic E-state index is -0.967. The first-order chi connectivity index (χ1) is 17.7. The normalized spacial score (nSPS) is 13.9. The van der Waals surface area contributed by atoms with E-state index in [-0.39, 0.29) is 17.9 Å². The van der Waals surface area contributed by atoms with Crippen LogP contribution in [0, 0.1) is 19.8 Å². The molecule has 0 saturated heterocycles. The highest BCUT2D eigenvalue weighted by molar-refractivity contribution is 6.34. The molecule has 2 rings (SSSR count). The van der Waals surface area contributed by atoms with Crippen LogP contribution in [0.25, 0.3) is 0 Å². The van der Waals surface area contributed by atoms with Crippen LogP contribution in [0.5, 0.6) is 0 Å². The van der Waals surface area contributed by atoms with Gasteiger partial charge in [0.15, 0.2) is 0 Å². The number of carbonyl (C=O) groups excluding carboxylic acids is 3. The molecule has 0 spiro atoms. The van der Waals surface area contributed by atoms with Crippen LogP contribution < -0.4 is 10.6 Å². The molecule has 7 nitrogen and oxygen atoms in total. The van der Waals surface area contributed by atoms with Crippen LogP contribution in [0.3, 0.4) is 0 Å². The molecule has 2 N–H and O–H groups in total. The Morgan fingerprint density at radius 2 is 1.61 bits per heavy atom. The number of hydrogen-bond acceptors (Lipinski definition) is 4. The summed E-state index contributed by atoms with van der Waals surface area (Å²) in [6.07, 6.45) is -0.0406. The van der Waals surface area contributed by atoms with Crippen molar-refractivity contribution in [1.82, 2.24) is 10.2 Å². The van der Waals surface area contributed by atoms with Gasteiger partial charge in [-0.3, -0.25) is 9.59 Å². The van der Waals surface area contributed by atoms with Crippen molar-refractivity contribution >= 4 is 35.2 Å². The van der Waals surface area contributed by atoms with Crippen LogP contribution in [0.4, 0.5) is 10.5 Å². The van der Waals surface area contributed by atoms with E-state index in [1.807, 2.05) is 77.9 Å². The number of aryl methyl sites for hydroxylation is 2. The molecule has 0 radical (unpaired) electrons. The average Bonchev–Trinajstić information content (AvgIpc) is 2.81. The summed E-state index contributed by atoms with van der Waals surface area (Å²) in [6.45, 7) is 16.7. The quantitative estimate of drug-likeness (QED) is 0.363. The van der Waals surface area contributed by atoms with Crippen molar-refractivity contribution in [1.29, 1.82) is 0 Å². The molecular weight excluding hydrogens is 502 g/mol. The van der Waals surface area contributed by atoms with Gasteiger partial charge in [0.25, 0.3) is 5.91 Å². The van der Waals surface area contributed by atoms with E-state index >= 15 is 0 Å². The Labute approximate surface area is 232 Å². The zero-order valence-corrected chi connectivity index (χ0v) is 24.8. The molecule has 38 heavy (non-hydrogen) atoms. The highest BCUT2D eigenvalue weighted by Crippen LogP contribution is 2.31. The largest absolute Gasteiger partial charge is 0.444 e. The van der Waals surface area contributed by atoms with E-state index in [1.165, 1.54) is 0 Å². The second-order valence-electron chi connectivity index (χ2n) is 11.1. The van der Waals surface area contributed by atoms with Gasteiger partial charge in [-0.15, -0.1) is 0 Å². The van der Waals surface area contributed by atoms with E-state index in [9.17, 15) is 14.4 Å². The molecule has 0 heterocycles. The van der Waals surface area contributed by atoms with Crippen LogP contribution in [0.1, 0.15) is 77.6 Å². The summed E-state index contributed by atoms with van der Waals surface area (Å²) in [5.74, 6) is -0.965. The van der Waals surface area contributed by atoms with Crippen LogP contribution in [0.15, 0.2) is 42.5 Å². The topological polar surface area (TPSA) is 87.7 Å². The molecule has 0 fully saturated rings. The Hall–Kier alpha value is -3.06. The Balaban J connectivity index is 2.57. The van der Waals surface area contributed by atoms with Gasteiger partial charge in [0.2, 0.25) is 5.91 Å². The van der Waals surface area contributed by atoms with Gasteiger partial charge in [0.05, 0.1) is 10.7 Å². The third-order valence-corrected chi connectivity index (χ3v) is 6.67. The molecule has 208 valence electrons. The lowest BCUT2D eigenvalue weighted by Gasteiger charge is -2.38. The molecule has 3 amide bonds. The monoisotopic (exact) mass is 543 g/mol. The first-order valence-corrected chi connectivity index (χ1v) is 13.5. The Morgan fingerprint density at radius 3 is 2.11 bits per heavy atom. The first kappa shape index (κ1) is 31.2. The summed E-state index contributed by atoms with van der Waals surface area (Å²) < 4.78 is 5.45. The third-order valence-electron chi connectivity index (χ3n) is 6.35. The van der Waals surface area contributed by atoms with E-state index in [2.05, 4.69) is 10.6 Å². The molecule has 0 saturated carbocycles. The van der Waals surface area contributed by atoms with Gasteiger partial charge in [-0.1, -0.05) is 73.8 Å². The van der Waals surface area contributed by atoms with E-state index in [1.54, 1.807) is 31.7 Å². The summed E-state index contributed by atoms with van der Waals surface area (Å²) >= 11 is 6.41. The van der Waals surface area contributed by atoms with Crippen molar-refractivity contribution in [3.8, 4) is 0 Å². The fraction of sp³-hybridized carbons (Fsp3) is 0.500. The number of nitrogens with one attached hydrogen (secondary N) is 2. The molecule has 0 aliphatic rings. The van der Waals surface area contributed by atoms with Gasteiger partial charge in [-0.25, -0.2) is 4.79 Å². The molecular formula is C30H42ClN3O4. The number of rotatable bonds is 9. The number of benzene rings is 2. The van der Waals surface area contributed by atoms with Crippen molar-refractivity contribution in [2.75, 3.05) is 5.32 Å². The first-order valence-electron chi connectivity index (χ1n) is 13.1. The number of para-hydroxylation sites is 1. The van der Waals surface area contributed by atoms with Gasteiger partial charge in [-0.05, 0) is 71.6 Å². The van der Waals surface area contributed by atoms with Gasteiger partial charge >= 0.3 is 6.09 Å². The second-order valence-corrected chi connectivity index (χ2v) is 11.5. The summed E-state index contributed by atoms with van der Waals surface area (Å²) in [4.78, 5) is 42.4. The highest BCUT2D eigenvalue weighted by atomic mass is 35.5. The number of carbonyl (C=O) groups is 3. The molecule has 2 aromatic rings. The SMILES string of the molecule is CCC(C)C(NC(=O)OC(C)(C)C)C(=O)N(C(C)C)C(C(=O)Nc1c(C)cccc1Cl)c1ccc(C)cc1. The predicted octanol–water partition coefficient (Wildman–Crippen LogP) is 6.81. The molecule has 0 bridgehead atoms. The molecule has 0 aliphatic heterocycles. The minimum Gasteiger partial charge on any atom is -0.444 e. The van der Waals surface area contributed by atoms with E-state index in [0.717, 1.165) is 11.1 Å². The van der Waals surface area contributed by atoms with Crippen LogP contribution in [-0.2, 0) is 14.3 Å². The zero-order valence-electron chi connectivity index (χ0n) is 24.0. The smallest absolute Gasteiger partial charge is 0.408 e. The van der Waals surface area contributed by atoms with E-state index in [4.69, 9.17) is 16.3 Å². The lowest BCUT2D eigenvalue weighted by molar-refractivity contribution is -0.144. The van der Waals surface area contributed by atoms with Gasteiger partial charge < -0.3 is 20.3 Å². The molecule has 3 atom stereocenters. The van der Waals surface area contributed by atoms with E-state index < -0.39 is 29.7 Å². The van der Waals surface area contributed by atoms with Crippen molar-refractivity contribution in [2.24, 2.45) is 5.92 Å². The summed E-state index contributed by atoms with van der Waals surface area (Å²) in [7, 11) is 0. The van der Waals surface area contributed by atoms with Crippen LogP contribution in [0.2, 0.25) is 5.02 Å². The zero-order chi connectivity index (χ0) is 28.8. The van der Waals surface area contributed by atoms with Crippen LogP contribution >= 0.6 is 11.6 Å². The lowest BCUT2D eigenvalue weighted by Crippen LogP contribution is -2.56. The van der Waals surface area contributed by atoms with Gasteiger partial charge in [0, 0.05) is 6.04 Å². The summed E-state index contributed by atoms with van der Waals surface area (Å²) in [6, 6.07) is 10.7. The highest BCUT2D eigenvalue weighted by Gasteiger charge is 2.39. The predicted molar refractivity (Wildman–Crippen MR) is 153 cm³/mol. The third kappa shape index (κ3) is 8.22. The number of anilines is 1. The van der Waals surface area contributed by atoms with Gasteiger partial charge in [-0.2, -0.15) is 0 Å². The number of nitrogens with zero attached hydrogens (tertiary/aromatic N) is 1. The number of hydrogen-bond donors (Lipinski definition) is 2. The number of ether oxygens (including phenoxy) is 1. The maximum atomic E-state index is 14.2. The Bertz CT molecular complexity index is 1110. The maximum Gasteiger partial charge on any atom is 0.408 e. The summed E-state index contributed by atoms with van der Waals surface area (Å²) in [5, 5.41) is 6.15. The van der Waals surface area contributed by atoms with Crippen molar-refractivity contribution < 1.29 is 19.1 Å². The fourth-order valence-corrected chi connectivity index (χ4v) is 4.40. The van der Waals surface area contributed by atoms with E-state index in [0.29, 0.717) is 22.7 Å². The number of amides is 3. The summed E-state index contributed by atoms with van der Waals surface area (Å²) in [5.41, 5.74) is 2.27. The number of alkyl carbamates (subject to hydrolysis) is 1. The van der Waals surface area contributed by atoms with Crippen molar-refractivity contribution in [3.63, 3.8) is 0 Å². The molecule has 0 aliphatic carbocycles. The van der Waals surface area contributed by atoms with Crippen LogP contribution in [-0.4, -0.2) is 40.5 Å². The lowest BCUT2D eigenvalue weighted by atomic mass is 9.94. The standard InChI is InChI=1S/C30H42ClN3O4/c1-10-20(5)25(33-29(37)38-30(7,8)9)28(36)34(18(2)3)26(22-16-14-19(4)15-17-22)27(35)32-24-21(6)12-11-13-23(24)31/h11-18,20,25-26H,10H2,1-9H3,(H,32,35)(H,33,37). The van der Waals surface area contributed by atoms with Gasteiger partial charge in [0.1, 0.15) is 17.7 Å². The molecule has 3 unspecified atom stereocenters. The minimum absolute atomic E-state index is 0.205. The Morgan fingerprint density at radius 1 is 1.00 bits per heavy atom. The molecule has 0 aromatic heterocycles. The van der Waals surface area contributed by atoms with Crippen molar-refractivity contribution in [2.45, 2.75) is 92.5 Å². The Kier molecular flexibility index (Phi) is 10.8. The average molecular weight is 544 g/mol.